The highest BCUT2D eigenvalue weighted by Gasteiger charge is 2.07. The summed E-state index contributed by atoms with van der Waals surface area (Å²) in [5.74, 6) is 2.35. The molecule has 2 aromatic heterocycles. The van der Waals surface area contributed by atoms with Gasteiger partial charge in [-0.25, -0.2) is 4.98 Å². The van der Waals surface area contributed by atoms with E-state index < -0.39 is 0 Å². The smallest absolute Gasteiger partial charge is 0.241 e. The third-order valence-corrected chi connectivity index (χ3v) is 2.70. The SMILES string of the molecule is CCNc1nc(NCCC(C)C)nc(-n2ccnc2)n1. The summed E-state index contributed by atoms with van der Waals surface area (Å²) in [6.07, 6.45) is 6.25. The van der Waals surface area contributed by atoms with E-state index in [-0.39, 0.29) is 0 Å². The Bertz CT molecular complexity index is 522. The number of hydrogen-bond acceptors (Lipinski definition) is 6. The van der Waals surface area contributed by atoms with Gasteiger partial charge in [0, 0.05) is 25.5 Å². The normalized spacial score (nSPS) is 10.8. The van der Waals surface area contributed by atoms with E-state index in [4.69, 9.17) is 0 Å². The van der Waals surface area contributed by atoms with Crippen molar-refractivity contribution < 1.29 is 0 Å². The fourth-order valence-corrected chi connectivity index (χ4v) is 1.65. The van der Waals surface area contributed by atoms with Crippen molar-refractivity contribution in [3.05, 3.63) is 18.7 Å². The van der Waals surface area contributed by atoms with Crippen LogP contribution in [0.25, 0.3) is 5.95 Å². The Hall–Kier alpha value is -2.18. The molecule has 0 radical (unpaired) electrons. The molecular formula is C13H21N7. The second kappa shape index (κ2) is 6.83. The molecule has 0 saturated carbocycles. The molecule has 0 unspecified atom stereocenters. The van der Waals surface area contributed by atoms with Gasteiger partial charge in [0.15, 0.2) is 0 Å². The zero-order valence-electron chi connectivity index (χ0n) is 12.2. The van der Waals surface area contributed by atoms with Gasteiger partial charge in [0.05, 0.1) is 0 Å². The first-order valence-corrected chi connectivity index (χ1v) is 6.91. The van der Waals surface area contributed by atoms with Gasteiger partial charge >= 0.3 is 0 Å². The van der Waals surface area contributed by atoms with Crippen LogP contribution >= 0.6 is 0 Å². The summed E-state index contributed by atoms with van der Waals surface area (Å²) < 4.78 is 1.76. The van der Waals surface area contributed by atoms with Crippen molar-refractivity contribution in [1.29, 1.82) is 0 Å². The number of nitrogens with zero attached hydrogens (tertiary/aromatic N) is 5. The van der Waals surface area contributed by atoms with Crippen LogP contribution in [0.15, 0.2) is 18.7 Å². The summed E-state index contributed by atoms with van der Waals surface area (Å²) in [7, 11) is 0. The summed E-state index contributed by atoms with van der Waals surface area (Å²) in [5, 5.41) is 6.35. The molecular weight excluding hydrogens is 254 g/mol. The van der Waals surface area contributed by atoms with Crippen LogP contribution < -0.4 is 10.6 Å². The zero-order valence-corrected chi connectivity index (χ0v) is 12.2. The minimum Gasteiger partial charge on any atom is -0.354 e. The van der Waals surface area contributed by atoms with Crippen molar-refractivity contribution in [1.82, 2.24) is 24.5 Å². The fourth-order valence-electron chi connectivity index (χ4n) is 1.65. The summed E-state index contributed by atoms with van der Waals surface area (Å²) in [6.45, 7) is 7.99. The van der Waals surface area contributed by atoms with E-state index in [1.165, 1.54) is 0 Å². The molecule has 7 nitrogen and oxygen atoms in total. The van der Waals surface area contributed by atoms with Gasteiger partial charge < -0.3 is 10.6 Å². The molecule has 0 aliphatic heterocycles. The molecule has 0 saturated heterocycles. The molecule has 2 N–H and O–H groups in total. The van der Waals surface area contributed by atoms with Crippen molar-refractivity contribution in [3.63, 3.8) is 0 Å². The zero-order chi connectivity index (χ0) is 14.4. The Morgan fingerprint density at radius 1 is 1.15 bits per heavy atom. The van der Waals surface area contributed by atoms with Crippen molar-refractivity contribution >= 4 is 11.9 Å². The molecule has 2 aromatic rings. The monoisotopic (exact) mass is 275 g/mol. The predicted octanol–water partition coefficient (Wildman–Crippen LogP) is 1.95. The molecule has 2 heterocycles. The summed E-state index contributed by atoms with van der Waals surface area (Å²) in [5.41, 5.74) is 0. The summed E-state index contributed by atoms with van der Waals surface area (Å²) in [4.78, 5) is 17.1. The Labute approximate surface area is 118 Å². The lowest BCUT2D eigenvalue weighted by Crippen LogP contribution is -2.13. The van der Waals surface area contributed by atoms with Gasteiger partial charge in [0.2, 0.25) is 17.8 Å². The highest BCUT2D eigenvalue weighted by atomic mass is 15.3. The fraction of sp³-hybridized carbons (Fsp3) is 0.538. The molecule has 2 rings (SSSR count). The van der Waals surface area contributed by atoms with Crippen LogP contribution in [0.4, 0.5) is 11.9 Å². The van der Waals surface area contributed by atoms with Crippen molar-refractivity contribution in [3.8, 4) is 5.95 Å². The van der Waals surface area contributed by atoms with Gasteiger partial charge in [0.1, 0.15) is 6.33 Å². The Morgan fingerprint density at radius 2 is 1.90 bits per heavy atom. The number of imidazole rings is 1. The maximum Gasteiger partial charge on any atom is 0.241 e. The molecule has 0 fully saturated rings. The first-order chi connectivity index (χ1) is 9.69. The van der Waals surface area contributed by atoms with Crippen LogP contribution in [0.1, 0.15) is 27.2 Å². The Kier molecular flexibility index (Phi) is 4.86. The molecule has 20 heavy (non-hydrogen) atoms. The molecule has 7 heteroatoms. The van der Waals surface area contributed by atoms with E-state index in [0.29, 0.717) is 23.8 Å². The molecule has 0 aliphatic carbocycles. The van der Waals surface area contributed by atoms with Crippen molar-refractivity contribution in [2.75, 3.05) is 23.7 Å². The van der Waals surface area contributed by atoms with E-state index in [1.54, 1.807) is 17.1 Å². The third kappa shape index (κ3) is 3.91. The molecule has 0 bridgehead atoms. The van der Waals surface area contributed by atoms with Crippen LogP contribution in [-0.2, 0) is 0 Å². The lowest BCUT2D eigenvalue weighted by Gasteiger charge is -2.10. The second-order valence-electron chi connectivity index (χ2n) is 4.89. The number of hydrogen-bond donors (Lipinski definition) is 2. The maximum absolute atomic E-state index is 4.40. The van der Waals surface area contributed by atoms with Gasteiger partial charge in [0.25, 0.3) is 0 Å². The first-order valence-electron chi connectivity index (χ1n) is 6.91. The largest absolute Gasteiger partial charge is 0.354 e. The van der Waals surface area contributed by atoms with Crippen LogP contribution in [0.5, 0.6) is 0 Å². The van der Waals surface area contributed by atoms with Crippen molar-refractivity contribution in [2.45, 2.75) is 27.2 Å². The van der Waals surface area contributed by atoms with E-state index in [2.05, 4.69) is 44.4 Å². The summed E-state index contributed by atoms with van der Waals surface area (Å²) in [6, 6.07) is 0. The van der Waals surface area contributed by atoms with Gasteiger partial charge in [-0.15, -0.1) is 0 Å². The highest BCUT2D eigenvalue weighted by molar-refractivity contribution is 5.37. The number of aromatic nitrogens is 5. The first kappa shape index (κ1) is 14.2. The van der Waals surface area contributed by atoms with Crippen molar-refractivity contribution in [2.24, 2.45) is 5.92 Å². The van der Waals surface area contributed by atoms with E-state index in [9.17, 15) is 0 Å². The topological polar surface area (TPSA) is 80.5 Å². The average Bonchev–Trinajstić information content (AvgIpc) is 2.92. The van der Waals surface area contributed by atoms with Crippen LogP contribution in [0.2, 0.25) is 0 Å². The van der Waals surface area contributed by atoms with Crippen LogP contribution in [-0.4, -0.2) is 37.6 Å². The van der Waals surface area contributed by atoms with Gasteiger partial charge in [-0.1, -0.05) is 13.8 Å². The average molecular weight is 275 g/mol. The van der Waals surface area contributed by atoms with E-state index in [1.807, 2.05) is 13.1 Å². The molecule has 0 amide bonds. The predicted molar refractivity (Wildman–Crippen MR) is 79.1 cm³/mol. The highest BCUT2D eigenvalue weighted by Crippen LogP contribution is 2.09. The van der Waals surface area contributed by atoms with Gasteiger partial charge in [-0.05, 0) is 19.3 Å². The lowest BCUT2D eigenvalue weighted by atomic mass is 10.1. The van der Waals surface area contributed by atoms with E-state index >= 15 is 0 Å². The molecule has 108 valence electrons. The Morgan fingerprint density at radius 3 is 2.50 bits per heavy atom. The maximum atomic E-state index is 4.40. The van der Waals surface area contributed by atoms with Crippen LogP contribution in [0, 0.1) is 5.92 Å². The standard InChI is InChI=1S/C13H21N7/c1-4-15-11-17-12(16-6-5-10(2)3)19-13(18-11)20-8-7-14-9-20/h7-10H,4-6H2,1-3H3,(H2,15,16,17,18,19). The molecule has 0 aromatic carbocycles. The third-order valence-electron chi connectivity index (χ3n) is 2.70. The summed E-state index contributed by atoms with van der Waals surface area (Å²) >= 11 is 0. The van der Waals surface area contributed by atoms with Crippen LogP contribution in [0.3, 0.4) is 0 Å². The lowest BCUT2D eigenvalue weighted by molar-refractivity contribution is 0.605. The molecule has 0 aliphatic rings. The Balaban J connectivity index is 2.17. The quantitative estimate of drug-likeness (QED) is 0.804. The van der Waals surface area contributed by atoms with Gasteiger partial charge in [-0.3, -0.25) is 4.57 Å². The minimum atomic E-state index is 0.556. The number of rotatable bonds is 7. The van der Waals surface area contributed by atoms with Gasteiger partial charge in [-0.2, -0.15) is 15.0 Å². The second-order valence-corrected chi connectivity index (χ2v) is 4.89. The number of nitrogens with one attached hydrogen (secondary N) is 2. The molecule has 0 spiro atoms. The number of anilines is 2. The molecule has 0 atom stereocenters. The minimum absolute atomic E-state index is 0.556. The van der Waals surface area contributed by atoms with E-state index in [0.717, 1.165) is 19.5 Å².